The molecule has 0 heterocycles. The van der Waals surface area contributed by atoms with Crippen molar-refractivity contribution in [1.82, 2.24) is 0 Å². The van der Waals surface area contributed by atoms with E-state index in [1.165, 1.54) is 12.1 Å². The second-order valence-electron chi connectivity index (χ2n) is 2.82. The molecule has 1 aromatic rings. The van der Waals surface area contributed by atoms with Gasteiger partial charge < -0.3 is 4.74 Å². The van der Waals surface area contributed by atoms with Gasteiger partial charge in [-0.25, -0.2) is 4.79 Å². The Hall–Kier alpha value is -1.24. The monoisotopic (exact) mass is 297 g/mol. The van der Waals surface area contributed by atoms with Gasteiger partial charge in [-0.2, -0.15) is 13.2 Å². The van der Waals surface area contributed by atoms with Gasteiger partial charge >= 0.3 is 12.3 Å². The number of hydrogen-bond acceptors (Lipinski definition) is 2. The fourth-order valence-corrected chi connectivity index (χ4v) is 1.10. The molecule has 88 valence electrons. The van der Waals surface area contributed by atoms with Crippen molar-refractivity contribution in [1.29, 1.82) is 0 Å². The van der Waals surface area contributed by atoms with Gasteiger partial charge in [0.15, 0.2) is 6.61 Å². The number of anilines is 1. The first kappa shape index (κ1) is 12.8. The number of nitrogens with one attached hydrogen (secondary N) is 1. The van der Waals surface area contributed by atoms with Crippen LogP contribution >= 0.6 is 15.9 Å². The molecular formula is C9H7BrF3NO2. The molecule has 1 N–H and O–H groups in total. The maximum atomic E-state index is 11.7. The predicted octanol–water partition coefficient (Wildman–Crippen LogP) is 3.56. The highest BCUT2D eigenvalue weighted by atomic mass is 79.9. The molecule has 1 aromatic carbocycles. The Kier molecular flexibility index (Phi) is 4.17. The van der Waals surface area contributed by atoms with Crippen molar-refractivity contribution < 1.29 is 22.7 Å². The van der Waals surface area contributed by atoms with Crippen molar-refractivity contribution in [3.8, 4) is 0 Å². The topological polar surface area (TPSA) is 38.3 Å². The fraction of sp³-hybridized carbons (Fsp3) is 0.222. The summed E-state index contributed by atoms with van der Waals surface area (Å²) in [6.07, 6.45) is -5.66. The normalized spacial score (nSPS) is 11.0. The molecule has 7 heteroatoms. The van der Waals surface area contributed by atoms with E-state index in [0.29, 0.717) is 5.69 Å². The highest BCUT2D eigenvalue weighted by Crippen LogP contribution is 2.16. The number of hydrogen-bond donors (Lipinski definition) is 1. The van der Waals surface area contributed by atoms with Gasteiger partial charge in [0.05, 0.1) is 0 Å². The molecule has 0 aliphatic carbocycles. The van der Waals surface area contributed by atoms with E-state index in [1.807, 2.05) is 0 Å². The zero-order valence-corrected chi connectivity index (χ0v) is 9.43. The van der Waals surface area contributed by atoms with E-state index in [-0.39, 0.29) is 0 Å². The third-order valence-corrected chi connectivity index (χ3v) is 1.99. The lowest BCUT2D eigenvalue weighted by atomic mass is 10.3. The second kappa shape index (κ2) is 5.20. The molecule has 0 spiro atoms. The molecule has 0 fully saturated rings. The number of benzene rings is 1. The van der Waals surface area contributed by atoms with Gasteiger partial charge in [0, 0.05) is 10.2 Å². The molecule has 0 aliphatic rings. The molecule has 0 saturated heterocycles. The third kappa shape index (κ3) is 5.01. The average Bonchev–Trinajstić information content (AvgIpc) is 2.18. The van der Waals surface area contributed by atoms with Gasteiger partial charge in [-0.3, -0.25) is 5.32 Å². The Balaban J connectivity index is 2.43. The van der Waals surface area contributed by atoms with Crippen LogP contribution in [0.4, 0.5) is 23.7 Å². The number of carbonyl (C=O) groups excluding carboxylic acids is 1. The van der Waals surface area contributed by atoms with Gasteiger partial charge in [0.1, 0.15) is 0 Å². The van der Waals surface area contributed by atoms with Gasteiger partial charge in [-0.1, -0.05) is 15.9 Å². The third-order valence-electron chi connectivity index (χ3n) is 1.46. The van der Waals surface area contributed by atoms with E-state index >= 15 is 0 Å². The van der Waals surface area contributed by atoms with Gasteiger partial charge in [-0.15, -0.1) is 0 Å². The van der Waals surface area contributed by atoms with Crippen LogP contribution in [-0.2, 0) is 4.74 Å². The second-order valence-corrected chi connectivity index (χ2v) is 3.74. The van der Waals surface area contributed by atoms with Crippen LogP contribution in [0.5, 0.6) is 0 Å². The molecule has 0 atom stereocenters. The van der Waals surface area contributed by atoms with Crippen LogP contribution in [0, 0.1) is 0 Å². The van der Waals surface area contributed by atoms with Crippen molar-refractivity contribution >= 4 is 27.7 Å². The van der Waals surface area contributed by atoms with Crippen LogP contribution < -0.4 is 5.32 Å². The Morgan fingerprint density at radius 1 is 1.31 bits per heavy atom. The minimum Gasteiger partial charge on any atom is -0.440 e. The average molecular weight is 298 g/mol. The summed E-state index contributed by atoms with van der Waals surface area (Å²) < 4.78 is 39.8. The predicted molar refractivity (Wildman–Crippen MR) is 55.2 cm³/mol. The first-order valence-electron chi connectivity index (χ1n) is 4.13. The van der Waals surface area contributed by atoms with Gasteiger partial charge in [0.25, 0.3) is 0 Å². The van der Waals surface area contributed by atoms with Crippen molar-refractivity contribution in [2.75, 3.05) is 11.9 Å². The zero-order chi connectivity index (χ0) is 12.2. The van der Waals surface area contributed by atoms with E-state index in [9.17, 15) is 18.0 Å². The molecule has 0 bridgehead atoms. The Labute approximate surface area is 97.7 Å². The lowest BCUT2D eigenvalue weighted by Crippen LogP contribution is -2.23. The molecular weight excluding hydrogens is 291 g/mol. The molecule has 1 amide bonds. The molecule has 0 saturated carbocycles. The summed E-state index contributed by atoms with van der Waals surface area (Å²) in [6.45, 7) is -1.60. The van der Waals surface area contributed by atoms with Crippen molar-refractivity contribution in [3.63, 3.8) is 0 Å². The summed E-state index contributed by atoms with van der Waals surface area (Å²) in [5.41, 5.74) is 0.357. The van der Waals surface area contributed by atoms with Crippen molar-refractivity contribution in [2.45, 2.75) is 6.18 Å². The number of amides is 1. The van der Waals surface area contributed by atoms with Crippen LogP contribution in [0.25, 0.3) is 0 Å². The number of alkyl halides is 3. The molecule has 3 nitrogen and oxygen atoms in total. The summed E-state index contributed by atoms with van der Waals surface area (Å²) in [7, 11) is 0. The number of halogens is 4. The van der Waals surface area contributed by atoms with Crippen molar-refractivity contribution in [3.05, 3.63) is 28.7 Å². The van der Waals surface area contributed by atoms with Gasteiger partial charge in [0.2, 0.25) is 0 Å². The highest BCUT2D eigenvalue weighted by Gasteiger charge is 2.29. The molecule has 0 radical (unpaired) electrons. The summed E-state index contributed by atoms with van der Waals surface area (Å²) >= 11 is 3.18. The SMILES string of the molecule is O=C(Nc1ccc(Br)cc1)OCC(F)(F)F. The summed E-state index contributed by atoms with van der Waals surface area (Å²) in [6, 6.07) is 6.33. The fourth-order valence-electron chi connectivity index (χ4n) is 0.835. The quantitative estimate of drug-likeness (QED) is 0.906. The maximum absolute atomic E-state index is 11.7. The van der Waals surface area contributed by atoms with Crippen LogP contribution in [0.3, 0.4) is 0 Å². The van der Waals surface area contributed by atoms with E-state index in [0.717, 1.165) is 4.47 Å². The largest absolute Gasteiger partial charge is 0.440 e. The molecule has 0 aromatic heterocycles. The highest BCUT2D eigenvalue weighted by molar-refractivity contribution is 9.10. The number of rotatable bonds is 2. The van der Waals surface area contributed by atoms with E-state index < -0.39 is 18.9 Å². The first-order chi connectivity index (χ1) is 7.37. The van der Waals surface area contributed by atoms with Crippen LogP contribution in [0.15, 0.2) is 28.7 Å². The standard InChI is InChI=1S/C9H7BrF3NO2/c10-6-1-3-7(4-2-6)14-8(15)16-5-9(11,12)13/h1-4H,5H2,(H,14,15). The van der Waals surface area contributed by atoms with E-state index in [4.69, 9.17) is 0 Å². The smallest absolute Gasteiger partial charge is 0.422 e. The summed E-state index contributed by atoms with van der Waals surface area (Å²) in [5, 5.41) is 2.16. The van der Waals surface area contributed by atoms with E-state index in [2.05, 4.69) is 26.0 Å². The van der Waals surface area contributed by atoms with Crippen LogP contribution in [-0.4, -0.2) is 18.9 Å². The lowest BCUT2D eigenvalue weighted by molar-refractivity contribution is -0.159. The molecule has 0 unspecified atom stereocenters. The Morgan fingerprint density at radius 3 is 2.38 bits per heavy atom. The zero-order valence-electron chi connectivity index (χ0n) is 7.84. The minimum absolute atomic E-state index is 0.357. The maximum Gasteiger partial charge on any atom is 0.422 e. The first-order valence-corrected chi connectivity index (χ1v) is 4.92. The van der Waals surface area contributed by atoms with Gasteiger partial charge in [-0.05, 0) is 24.3 Å². The number of ether oxygens (including phenoxy) is 1. The lowest BCUT2D eigenvalue weighted by Gasteiger charge is -2.08. The molecule has 1 rings (SSSR count). The minimum atomic E-state index is -4.52. The van der Waals surface area contributed by atoms with E-state index in [1.54, 1.807) is 12.1 Å². The van der Waals surface area contributed by atoms with Crippen LogP contribution in [0.2, 0.25) is 0 Å². The Bertz CT molecular complexity index is 364. The van der Waals surface area contributed by atoms with Crippen molar-refractivity contribution in [2.24, 2.45) is 0 Å². The molecule has 0 aliphatic heterocycles. The molecule has 16 heavy (non-hydrogen) atoms. The summed E-state index contributed by atoms with van der Waals surface area (Å²) in [4.78, 5) is 10.9. The summed E-state index contributed by atoms with van der Waals surface area (Å²) in [5.74, 6) is 0. The number of carbonyl (C=O) groups is 1. The van der Waals surface area contributed by atoms with Crippen LogP contribution in [0.1, 0.15) is 0 Å². The Morgan fingerprint density at radius 2 is 1.88 bits per heavy atom.